The molecule has 1 aromatic heterocycles. The molecule has 5 rings (SSSR count). The van der Waals surface area contributed by atoms with Crippen LogP contribution < -0.4 is 0 Å². The van der Waals surface area contributed by atoms with Gasteiger partial charge in [-0.05, 0) is 107 Å². The number of nitrogens with zero attached hydrogens (tertiary/aromatic N) is 3. The molecule has 4 aliphatic rings. The van der Waals surface area contributed by atoms with Gasteiger partial charge in [-0.15, -0.1) is 0 Å². The zero-order valence-electron chi connectivity index (χ0n) is 45.3. The molecule has 3 N–H and O–H groups in total. The zero-order valence-corrected chi connectivity index (χ0v) is 45.3. The first-order chi connectivity index (χ1) is 35.3. The number of hydrogen-bond acceptors (Lipinski definition) is 16. The molecule has 2 saturated heterocycles. The molecule has 412 valence electrons. The van der Waals surface area contributed by atoms with Gasteiger partial charge in [-0.25, -0.2) is 4.79 Å². The summed E-state index contributed by atoms with van der Waals surface area (Å²) >= 11 is 0. The number of allylic oxidation sites excluding steroid dienone is 6. The zero-order chi connectivity index (χ0) is 54.1. The normalized spacial score (nSPS) is 36.9. The Morgan fingerprint density at radius 1 is 0.878 bits per heavy atom. The van der Waals surface area contributed by atoms with Crippen molar-refractivity contribution in [2.45, 2.75) is 187 Å². The number of esters is 1. The molecular formula is C57H85N3O14. The molecule has 3 fully saturated rings. The van der Waals surface area contributed by atoms with Gasteiger partial charge in [0.05, 0.1) is 56.1 Å². The summed E-state index contributed by atoms with van der Waals surface area (Å²) in [6, 6.07) is -1.17. The van der Waals surface area contributed by atoms with E-state index in [1.54, 1.807) is 52.5 Å². The fraction of sp³-hybridized carbons (Fsp3) is 0.702. The summed E-state index contributed by atoms with van der Waals surface area (Å²) < 4.78 is 36.3. The summed E-state index contributed by atoms with van der Waals surface area (Å²) in [5.74, 6) is -8.24. The molecule has 74 heavy (non-hydrogen) atoms. The Labute approximate surface area is 438 Å². The third-order valence-corrected chi connectivity index (χ3v) is 15.6. The van der Waals surface area contributed by atoms with Gasteiger partial charge in [0.25, 0.3) is 11.7 Å². The van der Waals surface area contributed by atoms with Crippen molar-refractivity contribution in [3.63, 3.8) is 0 Å². The Morgan fingerprint density at radius 3 is 2.35 bits per heavy atom. The van der Waals surface area contributed by atoms with E-state index in [4.69, 9.17) is 28.4 Å². The molecule has 0 aromatic carbocycles. The minimum Gasteiger partial charge on any atom is -0.460 e. The summed E-state index contributed by atoms with van der Waals surface area (Å²) in [6.45, 7) is 12.9. The molecule has 0 spiro atoms. The second-order valence-corrected chi connectivity index (χ2v) is 21.4. The average Bonchev–Trinajstić information content (AvgIpc) is 3.39. The standard InChI is InChI=1S/C57H85N3O14/c1-35-15-11-10-12-16-36(2)48(72-34-43-33-58-22-23-59-43)31-44-20-18-41(7)57(68,74-44)54(65)55(66)60-24-14-13-17-45(60)56(67)73-49(38(4)29-42-19-21-47(71-26-25-61)50(30-42)69-8)32-46(62)37(3)28-40(6)52(64)53(70-9)51(63)39(5)27-35/h10-12,15-16,22-23,28,33,35,37-39,41-42,44-45,47-50,52-53,61,64,68H,13-14,17-21,24-27,29-32,34H2,1-9H3/b12-10+,15-11+,36-16+,40-28+/t35-,37-,38-,39-,41-,42+,44+,45+,47-,48-,49+,50-,52-,53+,57-/m1/s1. The number of carbonyl (C=O) groups excluding carboxylic acids is 5. The van der Waals surface area contributed by atoms with Crippen molar-refractivity contribution < 1.29 is 67.7 Å². The molecule has 1 aromatic rings. The van der Waals surface area contributed by atoms with Crippen LogP contribution in [-0.4, -0.2) is 148 Å². The van der Waals surface area contributed by atoms with Gasteiger partial charge in [0.2, 0.25) is 5.79 Å². The van der Waals surface area contributed by atoms with E-state index in [0.717, 1.165) is 12.0 Å². The van der Waals surface area contributed by atoms with Crippen LogP contribution in [0.3, 0.4) is 0 Å². The Hall–Kier alpha value is -4.33. The van der Waals surface area contributed by atoms with Gasteiger partial charge in [-0.2, -0.15) is 0 Å². The maximum absolute atomic E-state index is 14.6. The maximum Gasteiger partial charge on any atom is 0.329 e. The van der Waals surface area contributed by atoms with E-state index in [2.05, 4.69) is 9.97 Å². The van der Waals surface area contributed by atoms with Crippen LogP contribution in [0.25, 0.3) is 0 Å². The number of aromatic nitrogens is 2. The van der Waals surface area contributed by atoms with Crippen molar-refractivity contribution >= 4 is 29.2 Å². The Balaban J connectivity index is 1.48. The van der Waals surface area contributed by atoms with Crippen molar-refractivity contribution in [2.24, 2.45) is 35.5 Å². The molecule has 1 saturated carbocycles. The molecule has 0 radical (unpaired) electrons. The van der Waals surface area contributed by atoms with E-state index in [0.29, 0.717) is 62.6 Å². The van der Waals surface area contributed by atoms with Crippen LogP contribution in [-0.2, 0) is 59.0 Å². The monoisotopic (exact) mass is 1040 g/mol. The first-order valence-corrected chi connectivity index (χ1v) is 26.9. The number of aliphatic hydroxyl groups excluding tert-OH is 2. The van der Waals surface area contributed by atoms with Gasteiger partial charge in [0, 0.05) is 63.8 Å². The number of ketones is 3. The van der Waals surface area contributed by atoms with Crippen molar-refractivity contribution in [3.8, 4) is 0 Å². The lowest BCUT2D eigenvalue weighted by Crippen LogP contribution is -2.61. The van der Waals surface area contributed by atoms with E-state index < -0.39 is 77.8 Å². The average molecular weight is 1040 g/mol. The second-order valence-electron chi connectivity index (χ2n) is 21.4. The van der Waals surface area contributed by atoms with Gasteiger partial charge in [0.1, 0.15) is 30.1 Å². The summed E-state index contributed by atoms with van der Waals surface area (Å²) in [4.78, 5) is 81.3. The molecule has 17 heteroatoms. The van der Waals surface area contributed by atoms with Gasteiger partial charge < -0.3 is 48.6 Å². The molecule has 15 atom stereocenters. The number of cyclic esters (lactones) is 1. The number of ether oxygens (including phenoxy) is 6. The molecule has 2 bridgehead atoms. The van der Waals surface area contributed by atoms with Crippen molar-refractivity contribution in [3.05, 3.63) is 71.9 Å². The van der Waals surface area contributed by atoms with Gasteiger partial charge in [0.15, 0.2) is 5.78 Å². The van der Waals surface area contributed by atoms with Gasteiger partial charge in [-0.3, -0.25) is 29.1 Å². The smallest absolute Gasteiger partial charge is 0.329 e. The number of methoxy groups -OCH3 is 2. The number of aliphatic hydroxyl groups is 3. The lowest BCUT2D eigenvalue weighted by molar-refractivity contribution is -0.266. The van der Waals surface area contributed by atoms with E-state index in [9.17, 15) is 39.3 Å². The van der Waals surface area contributed by atoms with Crippen molar-refractivity contribution in [1.29, 1.82) is 0 Å². The second kappa shape index (κ2) is 29.3. The van der Waals surface area contributed by atoms with E-state index in [-0.39, 0.29) is 87.2 Å². The third kappa shape index (κ3) is 16.6. The molecule has 4 heterocycles. The highest BCUT2D eigenvalue weighted by Crippen LogP contribution is 2.38. The highest BCUT2D eigenvalue weighted by Gasteiger charge is 2.53. The van der Waals surface area contributed by atoms with Gasteiger partial charge >= 0.3 is 5.97 Å². The first kappa shape index (κ1) is 60.5. The lowest BCUT2D eigenvalue weighted by Gasteiger charge is -2.43. The lowest BCUT2D eigenvalue weighted by atomic mass is 9.78. The van der Waals surface area contributed by atoms with Crippen molar-refractivity contribution in [1.82, 2.24) is 14.9 Å². The van der Waals surface area contributed by atoms with E-state index in [1.807, 2.05) is 58.1 Å². The predicted octanol–water partition coefficient (Wildman–Crippen LogP) is 6.56. The summed E-state index contributed by atoms with van der Waals surface area (Å²) in [7, 11) is 3.00. The molecule has 1 aliphatic carbocycles. The largest absolute Gasteiger partial charge is 0.460 e. The molecule has 1 amide bonds. The number of hydrogen-bond donors (Lipinski definition) is 3. The van der Waals surface area contributed by atoms with Crippen molar-refractivity contribution in [2.75, 3.05) is 34.0 Å². The van der Waals surface area contributed by atoms with Crippen LogP contribution >= 0.6 is 0 Å². The molecule has 3 aliphatic heterocycles. The van der Waals surface area contributed by atoms with Crippen LogP contribution in [0.5, 0.6) is 0 Å². The SMILES string of the molecule is CO[C@@H]1C[C@H](C[C@@H](C)[C@@H]2CC(=O)[C@H](C)/C=C(\C)[C@@H](O)[C@@H](OC)C(=O)[C@H](C)C[C@H](C)/C=C/C=C/C=C(\C)[C@H](OCc3cnccn3)C[C@@H]3CC[C@@H](C)[C@@](O)(O3)C(=O)C(=O)N3CCCC[C@H]3C(=O)O2)CC[C@H]1OCCO. The van der Waals surface area contributed by atoms with Crippen LogP contribution in [0, 0.1) is 35.5 Å². The topological polar surface area (TPSA) is 230 Å². The third-order valence-electron chi connectivity index (χ3n) is 15.6. The summed E-state index contributed by atoms with van der Waals surface area (Å²) in [5, 5.41) is 33.1. The number of fused-ring (bicyclic) bond motifs is 3. The van der Waals surface area contributed by atoms with Crippen LogP contribution in [0.1, 0.15) is 131 Å². The van der Waals surface area contributed by atoms with Crippen LogP contribution in [0.4, 0.5) is 0 Å². The molecular weight excluding hydrogens is 951 g/mol. The van der Waals surface area contributed by atoms with E-state index >= 15 is 0 Å². The number of Topliss-reactive ketones (excluding diaryl/α,β-unsaturated/α-hetero) is 3. The molecule has 0 unspecified atom stereocenters. The Kier molecular flexibility index (Phi) is 23.9. The van der Waals surface area contributed by atoms with Gasteiger partial charge in [-0.1, -0.05) is 71.1 Å². The van der Waals surface area contributed by atoms with Crippen LogP contribution in [0.15, 0.2) is 66.2 Å². The Bertz CT molecular complexity index is 2130. The summed E-state index contributed by atoms with van der Waals surface area (Å²) in [6.07, 6.45) is 16.1. The highest BCUT2D eigenvalue weighted by atomic mass is 16.6. The van der Waals surface area contributed by atoms with Crippen LogP contribution in [0.2, 0.25) is 0 Å². The fourth-order valence-corrected chi connectivity index (χ4v) is 11.0. The predicted molar refractivity (Wildman–Crippen MR) is 276 cm³/mol. The molecule has 17 nitrogen and oxygen atoms in total. The minimum absolute atomic E-state index is 0.0154. The summed E-state index contributed by atoms with van der Waals surface area (Å²) in [5.41, 5.74) is 1.81. The quantitative estimate of drug-likeness (QED) is 0.121. The number of amides is 1. The maximum atomic E-state index is 14.6. The van der Waals surface area contributed by atoms with E-state index in [1.165, 1.54) is 12.0 Å². The Morgan fingerprint density at radius 2 is 1.65 bits per heavy atom. The highest BCUT2D eigenvalue weighted by molar-refractivity contribution is 6.39. The number of carbonyl (C=O) groups is 5. The number of piperidine rings is 1. The first-order valence-electron chi connectivity index (χ1n) is 26.9. The fourth-order valence-electron chi connectivity index (χ4n) is 11.0. The number of rotatable bonds is 11. The minimum atomic E-state index is -2.49.